The Kier molecular flexibility index (Phi) is 3.70. The number of hydrogen-bond acceptors (Lipinski definition) is 2. The fraction of sp³-hybridized carbons (Fsp3) is 1.00. The van der Waals surface area contributed by atoms with Gasteiger partial charge in [0.05, 0.1) is 11.7 Å². The van der Waals surface area contributed by atoms with Crippen LogP contribution in [0.25, 0.3) is 0 Å². The van der Waals surface area contributed by atoms with Crippen molar-refractivity contribution in [3.8, 4) is 0 Å². The molecule has 1 aliphatic heterocycles. The summed E-state index contributed by atoms with van der Waals surface area (Å²) in [4.78, 5) is 0. The van der Waals surface area contributed by atoms with Gasteiger partial charge in [-0.05, 0) is 49.0 Å². The molecule has 1 heterocycles. The van der Waals surface area contributed by atoms with Gasteiger partial charge in [0.2, 0.25) is 0 Å². The fourth-order valence-electron chi connectivity index (χ4n) is 4.84. The Morgan fingerprint density at radius 2 is 1.55 bits per heavy atom. The molecule has 0 amide bonds. The Labute approximate surface area is 125 Å². The highest BCUT2D eigenvalue weighted by molar-refractivity contribution is 5.12. The largest absolute Gasteiger partial charge is 0.370 e. The Bertz CT molecular complexity index is 340. The minimum atomic E-state index is 0.280. The first-order valence-electron chi connectivity index (χ1n) is 8.76. The van der Waals surface area contributed by atoms with E-state index in [2.05, 4.69) is 33.0 Å². The number of rotatable bonds is 4. The number of hydrogen-bond donors (Lipinski definition) is 1. The zero-order valence-electron chi connectivity index (χ0n) is 13.9. The lowest BCUT2D eigenvalue weighted by atomic mass is 9.83. The zero-order valence-corrected chi connectivity index (χ0v) is 13.9. The monoisotopic (exact) mass is 279 g/mol. The summed E-state index contributed by atoms with van der Waals surface area (Å²) in [6.07, 6.45) is 9.84. The van der Waals surface area contributed by atoms with Crippen molar-refractivity contribution in [2.75, 3.05) is 13.1 Å². The average Bonchev–Trinajstić information content (AvgIpc) is 2.71. The van der Waals surface area contributed by atoms with E-state index in [1.165, 1.54) is 44.9 Å². The molecule has 2 aliphatic carbocycles. The van der Waals surface area contributed by atoms with E-state index >= 15 is 0 Å². The molecule has 1 N–H and O–H groups in total. The van der Waals surface area contributed by atoms with Crippen LogP contribution in [0, 0.1) is 16.7 Å². The summed E-state index contributed by atoms with van der Waals surface area (Å²) in [6.45, 7) is 11.8. The first-order valence-corrected chi connectivity index (χ1v) is 8.76. The van der Waals surface area contributed by atoms with Crippen LogP contribution in [-0.2, 0) is 4.74 Å². The van der Waals surface area contributed by atoms with Gasteiger partial charge in [0, 0.05) is 6.54 Å². The summed E-state index contributed by atoms with van der Waals surface area (Å²) in [5, 5.41) is 3.70. The van der Waals surface area contributed by atoms with Crippen molar-refractivity contribution >= 4 is 0 Å². The summed E-state index contributed by atoms with van der Waals surface area (Å²) in [6, 6.07) is 0. The summed E-state index contributed by atoms with van der Waals surface area (Å²) in [5.74, 6) is 0.819. The van der Waals surface area contributed by atoms with Crippen LogP contribution in [0.15, 0.2) is 0 Å². The Hall–Kier alpha value is -0.0800. The lowest BCUT2D eigenvalue weighted by Crippen LogP contribution is -2.35. The Morgan fingerprint density at radius 3 is 2.15 bits per heavy atom. The molecule has 116 valence electrons. The van der Waals surface area contributed by atoms with Crippen molar-refractivity contribution in [3.63, 3.8) is 0 Å². The average molecular weight is 279 g/mol. The van der Waals surface area contributed by atoms with E-state index in [0.717, 1.165) is 19.0 Å². The smallest absolute Gasteiger partial charge is 0.0708 e. The molecule has 1 unspecified atom stereocenters. The van der Waals surface area contributed by atoms with Gasteiger partial charge in [0.25, 0.3) is 0 Å². The van der Waals surface area contributed by atoms with Gasteiger partial charge in [0.15, 0.2) is 0 Å². The van der Waals surface area contributed by atoms with Crippen molar-refractivity contribution in [2.45, 2.75) is 84.3 Å². The van der Waals surface area contributed by atoms with Crippen LogP contribution in [0.4, 0.5) is 0 Å². The molecule has 1 atom stereocenters. The van der Waals surface area contributed by atoms with E-state index in [4.69, 9.17) is 4.74 Å². The lowest BCUT2D eigenvalue weighted by molar-refractivity contribution is -0.0624. The van der Waals surface area contributed by atoms with Crippen LogP contribution in [0.1, 0.15) is 72.6 Å². The van der Waals surface area contributed by atoms with Crippen molar-refractivity contribution in [3.05, 3.63) is 0 Å². The van der Waals surface area contributed by atoms with Crippen molar-refractivity contribution in [1.82, 2.24) is 5.32 Å². The van der Waals surface area contributed by atoms with Gasteiger partial charge in [-0.15, -0.1) is 0 Å². The van der Waals surface area contributed by atoms with Gasteiger partial charge in [-0.25, -0.2) is 0 Å². The van der Waals surface area contributed by atoms with E-state index in [0.29, 0.717) is 16.9 Å². The highest BCUT2D eigenvalue weighted by Crippen LogP contribution is 2.67. The predicted octanol–water partition coefficient (Wildman–Crippen LogP) is 4.14. The second-order valence-electron chi connectivity index (χ2n) is 8.68. The zero-order chi connectivity index (χ0) is 14.4. The first kappa shape index (κ1) is 14.8. The molecular weight excluding hydrogens is 246 g/mol. The maximum Gasteiger partial charge on any atom is 0.0708 e. The molecule has 3 aliphatic rings. The van der Waals surface area contributed by atoms with Crippen LogP contribution < -0.4 is 5.32 Å². The van der Waals surface area contributed by atoms with E-state index in [1.807, 2.05) is 0 Å². The van der Waals surface area contributed by atoms with Gasteiger partial charge < -0.3 is 10.1 Å². The standard InChI is InChI=1S/C18H33NO/c1-16(2)15(17(16,3)4)13-19-12-14-8-11-18(20-14)9-6-5-7-10-18/h14-15,19H,5-13H2,1-4H3. The van der Waals surface area contributed by atoms with Crippen LogP contribution in [0.2, 0.25) is 0 Å². The summed E-state index contributed by atoms with van der Waals surface area (Å²) in [7, 11) is 0. The van der Waals surface area contributed by atoms with E-state index < -0.39 is 0 Å². The number of ether oxygens (including phenoxy) is 1. The van der Waals surface area contributed by atoms with Gasteiger partial charge in [-0.2, -0.15) is 0 Å². The second kappa shape index (κ2) is 4.98. The van der Waals surface area contributed by atoms with Gasteiger partial charge in [-0.3, -0.25) is 0 Å². The third-order valence-electron chi connectivity index (χ3n) is 7.14. The summed E-state index contributed by atoms with van der Waals surface area (Å²) >= 11 is 0. The van der Waals surface area contributed by atoms with Crippen molar-refractivity contribution in [2.24, 2.45) is 16.7 Å². The van der Waals surface area contributed by atoms with Gasteiger partial charge in [0.1, 0.15) is 0 Å². The third kappa shape index (κ3) is 2.43. The molecule has 3 rings (SSSR count). The molecular formula is C18H33NO. The molecule has 0 radical (unpaired) electrons. The maximum absolute atomic E-state index is 6.43. The normalized spacial score (nSPS) is 34.5. The first-order chi connectivity index (χ1) is 9.37. The van der Waals surface area contributed by atoms with Gasteiger partial charge in [-0.1, -0.05) is 47.0 Å². The molecule has 3 fully saturated rings. The lowest BCUT2D eigenvalue weighted by Gasteiger charge is -2.33. The molecule has 2 heteroatoms. The highest BCUT2D eigenvalue weighted by atomic mass is 16.5. The van der Waals surface area contributed by atoms with Crippen LogP contribution >= 0.6 is 0 Å². The molecule has 20 heavy (non-hydrogen) atoms. The van der Waals surface area contributed by atoms with Crippen LogP contribution in [0.5, 0.6) is 0 Å². The third-order valence-corrected chi connectivity index (χ3v) is 7.14. The van der Waals surface area contributed by atoms with E-state index in [9.17, 15) is 0 Å². The summed E-state index contributed by atoms with van der Waals surface area (Å²) in [5.41, 5.74) is 1.28. The maximum atomic E-state index is 6.43. The fourth-order valence-corrected chi connectivity index (χ4v) is 4.84. The van der Waals surface area contributed by atoms with E-state index in [1.54, 1.807) is 0 Å². The van der Waals surface area contributed by atoms with Gasteiger partial charge >= 0.3 is 0 Å². The Balaban J connectivity index is 1.40. The van der Waals surface area contributed by atoms with Crippen LogP contribution in [-0.4, -0.2) is 24.8 Å². The molecule has 2 saturated carbocycles. The number of nitrogens with one attached hydrogen (secondary N) is 1. The minimum absolute atomic E-state index is 0.280. The molecule has 1 saturated heterocycles. The second-order valence-corrected chi connectivity index (χ2v) is 8.68. The molecule has 2 nitrogen and oxygen atoms in total. The van der Waals surface area contributed by atoms with Crippen LogP contribution in [0.3, 0.4) is 0 Å². The highest BCUT2D eigenvalue weighted by Gasteiger charge is 2.63. The summed E-state index contributed by atoms with van der Waals surface area (Å²) < 4.78 is 6.43. The molecule has 0 aromatic rings. The molecule has 0 aromatic carbocycles. The van der Waals surface area contributed by atoms with E-state index in [-0.39, 0.29) is 5.60 Å². The SMILES string of the molecule is CC1(C)C(CNCC2CCC3(CCCCC3)O2)C1(C)C. The molecule has 1 spiro atoms. The molecule has 0 bridgehead atoms. The molecule has 0 aromatic heterocycles. The quantitative estimate of drug-likeness (QED) is 0.835. The minimum Gasteiger partial charge on any atom is -0.370 e. The van der Waals surface area contributed by atoms with Crippen molar-refractivity contribution in [1.29, 1.82) is 0 Å². The Morgan fingerprint density at radius 1 is 0.900 bits per heavy atom. The predicted molar refractivity (Wildman–Crippen MR) is 83.8 cm³/mol. The topological polar surface area (TPSA) is 21.3 Å². The van der Waals surface area contributed by atoms with Crippen molar-refractivity contribution < 1.29 is 4.74 Å².